The Kier molecular flexibility index (Phi) is 4.35. The Bertz CT molecular complexity index is 585. The largest absolute Gasteiger partial charge is 0.364 e. The van der Waals surface area contributed by atoms with Crippen molar-refractivity contribution in [2.45, 2.75) is 56.2 Å². The SMILES string of the molecule is CN1C(=O)CO[C@@H]2CN(C3CCCCC3)CC[C@]21c1ccccc1. The molecule has 1 aromatic carbocycles. The summed E-state index contributed by atoms with van der Waals surface area (Å²) in [6, 6.07) is 11.2. The molecule has 1 aliphatic carbocycles. The molecule has 0 N–H and O–H groups in total. The Morgan fingerprint density at radius 2 is 1.88 bits per heavy atom. The summed E-state index contributed by atoms with van der Waals surface area (Å²) in [6.45, 7) is 2.21. The smallest absolute Gasteiger partial charge is 0.249 e. The van der Waals surface area contributed by atoms with E-state index in [9.17, 15) is 4.79 Å². The van der Waals surface area contributed by atoms with Crippen LogP contribution in [0.15, 0.2) is 30.3 Å². The predicted octanol–water partition coefficient (Wildman–Crippen LogP) is 2.78. The van der Waals surface area contributed by atoms with Crippen molar-refractivity contribution in [2.75, 3.05) is 26.7 Å². The quantitative estimate of drug-likeness (QED) is 0.837. The Hall–Kier alpha value is -1.39. The second-order valence-electron chi connectivity index (χ2n) is 7.58. The molecule has 0 aromatic heterocycles. The van der Waals surface area contributed by atoms with E-state index in [2.05, 4.69) is 29.2 Å². The van der Waals surface area contributed by atoms with Crippen LogP contribution < -0.4 is 0 Å². The van der Waals surface area contributed by atoms with E-state index in [1.807, 2.05) is 18.0 Å². The highest BCUT2D eigenvalue weighted by atomic mass is 16.5. The number of likely N-dealkylation sites (N-methyl/N-ethyl adjacent to an activating group) is 1. The van der Waals surface area contributed by atoms with E-state index in [0.717, 1.165) is 19.5 Å². The van der Waals surface area contributed by atoms with Gasteiger partial charge in [0.1, 0.15) is 6.61 Å². The van der Waals surface area contributed by atoms with E-state index in [-0.39, 0.29) is 24.2 Å². The summed E-state index contributed by atoms with van der Waals surface area (Å²) >= 11 is 0. The Balaban J connectivity index is 1.63. The molecule has 4 rings (SSSR count). The van der Waals surface area contributed by atoms with Crippen LogP contribution in [0.2, 0.25) is 0 Å². The van der Waals surface area contributed by atoms with Crippen LogP contribution in [0.4, 0.5) is 0 Å². The highest BCUT2D eigenvalue weighted by Crippen LogP contribution is 2.43. The first-order valence-electron chi connectivity index (χ1n) is 9.39. The first-order valence-corrected chi connectivity index (χ1v) is 9.39. The van der Waals surface area contributed by atoms with Crippen molar-refractivity contribution < 1.29 is 9.53 Å². The van der Waals surface area contributed by atoms with Crippen LogP contribution in [-0.2, 0) is 15.1 Å². The van der Waals surface area contributed by atoms with Crippen molar-refractivity contribution in [3.63, 3.8) is 0 Å². The standard InChI is InChI=1S/C20H28N2O2/c1-21-19(23)15-24-18-14-22(17-10-6-3-7-11-17)13-12-20(18,21)16-8-4-2-5-9-16/h2,4-5,8-9,17-18H,3,6-7,10-15H2,1H3/t18-,20+/m1/s1. The Labute approximate surface area is 144 Å². The lowest BCUT2D eigenvalue weighted by Crippen LogP contribution is -2.67. The average molecular weight is 328 g/mol. The Morgan fingerprint density at radius 3 is 2.62 bits per heavy atom. The van der Waals surface area contributed by atoms with Gasteiger partial charge in [-0.25, -0.2) is 0 Å². The number of ether oxygens (including phenoxy) is 1. The molecule has 0 unspecified atom stereocenters. The fourth-order valence-corrected chi connectivity index (χ4v) is 5.02. The van der Waals surface area contributed by atoms with Gasteiger partial charge in [0.2, 0.25) is 5.91 Å². The fourth-order valence-electron chi connectivity index (χ4n) is 5.02. The summed E-state index contributed by atoms with van der Waals surface area (Å²) in [7, 11) is 1.96. The lowest BCUT2D eigenvalue weighted by molar-refractivity contribution is -0.185. The minimum atomic E-state index is -0.304. The number of likely N-dealkylation sites (tertiary alicyclic amines) is 1. The van der Waals surface area contributed by atoms with E-state index in [0.29, 0.717) is 6.04 Å². The van der Waals surface area contributed by atoms with Crippen LogP contribution in [0.1, 0.15) is 44.1 Å². The van der Waals surface area contributed by atoms with E-state index >= 15 is 0 Å². The number of carbonyl (C=O) groups excluding carboxylic acids is 1. The van der Waals surface area contributed by atoms with Crippen LogP contribution in [0.3, 0.4) is 0 Å². The first-order chi connectivity index (χ1) is 11.7. The molecule has 4 heteroatoms. The zero-order valence-electron chi connectivity index (χ0n) is 14.6. The van der Waals surface area contributed by atoms with Crippen molar-refractivity contribution in [3.8, 4) is 0 Å². The third kappa shape index (κ3) is 2.56. The maximum atomic E-state index is 12.4. The van der Waals surface area contributed by atoms with E-state index in [1.54, 1.807) is 0 Å². The zero-order valence-corrected chi connectivity index (χ0v) is 14.6. The number of benzene rings is 1. The zero-order chi connectivity index (χ0) is 16.6. The molecule has 2 heterocycles. The van der Waals surface area contributed by atoms with Gasteiger partial charge in [-0.05, 0) is 24.8 Å². The second-order valence-corrected chi connectivity index (χ2v) is 7.58. The minimum Gasteiger partial charge on any atom is -0.364 e. The van der Waals surface area contributed by atoms with Gasteiger partial charge in [0.05, 0.1) is 11.6 Å². The number of nitrogens with zero attached hydrogens (tertiary/aromatic N) is 2. The minimum absolute atomic E-state index is 0.0678. The molecule has 1 amide bonds. The van der Waals surface area contributed by atoms with Crippen molar-refractivity contribution in [1.29, 1.82) is 0 Å². The first kappa shape index (κ1) is 16.1. The number of carbonyl (C=O) groups is 1. The van der Waals surface area contributed by atoms with Gasteiger partial charge in [0.25, 0.3) is 0 Å². The normalized spacial score (nSPS) is 32.6. The summed E-state index contributed by atoms with van der Waals surface area (Å²) < 4.78 is 6.11. The van der Waals surface area contributed by atoms with E-state index < -0.39 is 0 Å². The summed E-state index contributed by atoms with van der Waals surface area (Å²) in [6.07, 6.45) is 7.76. The molecule has 2 aliphatic heterocycles. The highest BCUT2D eigenvalue weighted by molar-refractivity contribution is 5.79. The number of piperidine rings is 1. The predicted molar refractivity (Wildman–Crippen MR) is 93.7 cm³/mol. The van der Waals surface area contributed by atoms with Gasteiger partial charge < -0.3 is 9.64 Å². The van der Waals surface area contributed by atoms with Gasteiger partial charge in [-0.1, -0.05) is 49.6 Å². The summed E-state index contributed by atoms with van der Waals surface area (Å²) in [5.74, 6) is 0.0984. The van der Waals surface area contributed by atoms with E-state index in [1.165, 1.54) is 37.7 Å². The van der Waals surface area contributed by atoms with Crippen molar-refractivity contribution in [3.05, 3.63) is 35.9 Å². The number of hydrogen-bond donors (Lipinski definition) is 0. The molecular weight excluding hydrogens is 300 g/mol. The van der Waals surface area contributed by atoms with E-state index in [4.69, 9.17) is 4.74 Å². The van der Waals surface area contributed by atoms with Crippen LogP contribution in [0.25, 0.3) is 0 Å². The second kappa shape index (κ2) is 6.49. The maximum absolute atomic E-state index is 12.4. The monoisotopic (exact) mass is 328 g/mol. The molecule has 3 fully saturated rings. The highest BCUT2D eigenvalue weighted by Gasteiger charge is 2.53. The van der Waals surface area contributed by atoms with Gasteiger partial charge >= 0.3 is 0 Å². The van der Waals surface area contributed by atoms with Crippen LogP contribution in [0, 0.1) is 0 Å². The van der Waals surface area contributed by atoms with Gasteiger partial charge in [0.15, 0.2) is 0 Å². The number of hydrogen-bond acceptors (Lipinski definition) is 3. The van der Waals surface area contributed by atoms with Crippen molar-refractivity contribution >= 4 is 5.91 Å². The molecule has 130 valence electrons. The van der Waals surface area contributed by atoms with Crippen LogP contribution in [-0.4, -0.2) is 54.6 Å². The molecule has 0 spiro atoms. The fraction of sp³-hybridized carbons (Fsp3) is 0.650. The summed E-state index contributed by atoms with van der Waals surface area (Å²) in [4.78, 5) is 17.0. The average Bonchev–Trinajstić information content (AvgIpc) is 2.66. The molecule has 0 radical (unpaired) electrons. The third-order valence-corrected chi connectivity index (χ3v) is 6.46. The number of amides is 1. The molecule has 3 aliphatic rings. The molecule has 2 atom stereocenters. The lowest BCUT2D eigenvalue weighted by Gasteiger charge is -2.56. The van der Waals surface area contributed by atoms with Crippen LogP contribution in [0.5, 0.6) is 0 Å². The molecular formula is C20H28N2O2. The molecule has 4 nitrogen and oxygen atoms in total. The Morgan fingerprint density at radius 1 is 1.12 bits per heavy atom. The maximum Gasteiger partial charge on any atom is 0.249 e. The topological polar surface area (TPSA) is 32.8 Å². The summed E-state index contributed by atoms with van der Waals surface area (Å²) in [5, 5.41) is 0. The van der Waals surface area contributed by atoms with Gasteiger partial charge in [-0.2, -0.15) is 0 Å². The van der Waals surface area contributed by atoms with Gasteiger partial charge in [-0.15, -0.1) is 0 Å². The lowest BCUT2D eigenvalue weighted by atomic mass is 9.75. The third-order valence-electron chi connectivity index (χ3n) is 6.46. The summed E-state index contributed by atoms with van der Waals surface area (Å²) in [5.41, 5.74) is 0.913. The van der Waals surface area contributed by atoms with Crippen molar-refractivity contribution in [2.24, 2.45) is 0 Å². The van der Waals surface area contributed by atoms with Gasteiger partial charge in [0, 0.05) is 26.2 Å². The molecule has 24 heavy (non-hydrogen) atoms. The number of fused-ring (bicyclic) bond motifs is 1. The number of morpholine rings is 1. The number of rotatable bonds is 2. The van der Waals surface area contributed by atoms with Crippen LogP contribution >= 0.6 is 0 Å². The molecule has 1 saturated carbocycles. The molecule has 2 saturated heterocycles. The van der Waals surface area contributed by atoms with Gasteiger partial charge in [-0.3, -0.25) is 9.69 Å². The van der Waals surface area contributed by atoms with Crippen molar-refractivity contribution in [1.82, 2.24) is 9.80 Å². The molecule has 0 bridgehead atoms. The molecule has 1 aromatic rings.